The fraction of sp³-hybridized carbons (Fsp3) is 1.00. The molecule has 0 unspecified atom stereocenters. The number of ether oxygens (including phenoxy) is 5. The summed E-state index contributed by atoms with van der Waals surface area (Å²) in [7, 11) is -4.14. The van der Waals surface area contributed by atoms with Crippen LogP contribution in [0.5, 0.6) is 0 Å². The Balaban J connectivity index is 0.00000192. The largest absolute Gasteiger partial charge is 2.00 e. The van der Waals surface area contributed by atoms with Crippen molar-refractivity contribution in [2.45, 2.75) is 63.4 Å². The predicted octanol–water partition coefficient (Wildman–Crippen LogP) is -0.551. The summed E-state index contributed by atoms with van der Waals surface area (Å²) in [6, 6.07) is 0. The SMILES string of the molecule is CC1(C)O[C@@H]2[C@@H](CO[C@@]3(COS(N)(=O)=O)OC(C)(C)O[C@@H]23)O1.[Ca+2].[H-].[H-]. The summed E-state index contributed by atoms with van der Waals surface area (Å²) in [5, 5.41) is 4.89. The van der Waals surface area contributed by atoms with Crippen LogP contribution < -0.4 is 5.14 Å². The second kappa shape index (κ2) is 6.27. The maximum atomic E-state index is 11.1. The second-order valence-electron chi connectivity index (χ2n) is 6.56. The summed E-state index contributed by atoms with van der Waals surface area (Å²) in [6.07, 6.45) is -1.50. The minimum Gasteiger partial charge on any atom is -1.00 e. The summed E-state index contributed by atoms with van der Waals surface area (Å²) >= 11 is 0. The predicted molar refractivity (Wildman–Crippen MR) is 79.6 cm³/mol. The third-order valence-corrected chi connectivity index (χ3v) is 4.15. The molecule has 3 aliphatic heterocycles. The van der Waals surface area contributed by atoms with Crippen LogP contribution in [0.25, 0.3) is 0 Å². The van der Waals surface area contributed by atoms with Gasteiger partial charge >= 0.3 is 48.0 Å². The normalized spacial score (nSPS) is 41.0. The Hall–Kier alpha value is 0.930. The molecule has 2 N–H and O–H groups in total. The van der Waals surface area contributed by atoms with Crippen molar-refractivity contribution in [2.75, 3.05) is 13.2 Å². The Morgan fingerprint density at radius 1 is 1.17 bits per heavy atom. The first kappa shape index (κ1) is 20.2. The molecule has 0 aromatic rings. The molecule has 3 aliphatic rings. The van der Waals surface area contributed by atoms with Crippen LogP contribution in [0.4, 0.5) is 0 Å². The summed E-state index contributed by atoms with van der Waals surface area (Å²) in [6.45, 7) is 6.71. The van der Waals surface area contributed by atoms with E-state index in [1.165, 1.54) is 0 Å². The summed E-state index contributed by atoms with van der Waals surface area (Å²) < 4.78 is 55.9. The molecule has 9 nitrogen and oxygen atoms in total. The molecule has 0 aliphatic carbocycles. The van der Waals surface area contributed by atoms with E-state index in [-0.39, 0.29) is 53.3 Å². The first-order chi connectivity index (χ1) is 9.92. The van der Waals surface area contributed by atoms with Gasteiger partial charge in [-0.05, 0) is 27.7 Å². The fourth-order valence-electron chi connectivity index (χ4n) is 3.11. The van der Waals surface area contributed by atoms with Gasteiger partial charge in [0.25, 0.3) is 0 Å². The van der Waals surface area contributed by atoms with E-state index in [2.05, 4.69) is 0 Å². The molecule has 0 aromatic heterocycles. The van der Waals surface area contributed by atoms with Crippen molar-refractivity contribution >= 4 is 48.0 Å². The number of hydrogen-bond acceptors (Lipinski definition) is 8. The monoisotopic (exact) mass is 381 g/mol. The Bertz CT molecular complexity index is 577. The van der Waals surface area contributed by atoms with Crippen molar-refractivity contribution in [1.82, 2.24) is 0 Å². The van der Waals surface area contributed by atoms with Gasteiger partial charge < -0.3 is 26.5 Å². The molecule has 23 heavy (non-hydrogen) atoms. The maximum Gasteiger partial charge on any atom is 2.00 e. The molecule has 0 bridgehead atoms. The van der Waals surface area contributed by atoms with Crippen molar-refractivity contribution in [2.24, 2.45) is 5.14 Å². The van der Waals surface area contributed by atoms with E-state index < -0.39 is 46.5 Å². The van der Waals surface area contributed by atoms with Crippen molar-refractivity contribution < 1.29 is 39.1 Å². The number of hydrogen-bond donors (Lipinski definition) is 1. The molecule has 0 saturated carbocycles. The molecule has 0 radical (unpaired) electrons. The van der Waals surface area contributed by atoms with Gasteiger partial charge in [-0.25, -0.2) is 5.14 Å². The molecular formula is C12H23CaNO8S. The minimum atomic E-state index is -4.14. The zero-order chi connectivity index (χ0) is 16.4. The van der Waals surface area contributed by atoms with E-state index in [1.54, 1.807) is 27.7 Å². The van der Waals surface area contributed by atoms with E-state index >= 15 is 0 Å². The second-order valence-corrected chi connectivity index (χ2v) is 7.78. The molecule has 0 aromatic carbocycles. The van der Waals surface area contributed by atoms with E-state index in [1.807, 2.05) is 0 Å². The molecule has 132 valence electrons. The molecule has 3 heterocycles. The smallest absolute Gasteiger partial charge is 1.00 e. The standard InChI is InChI=1S/C12H21NO8S.Ca.2H/c1-10(2)18-7-5-16-12(6-17-22(13,14)15)9(8(7)19-10)20-11(3,4)21-12;;;/h7-9H,5-6H2,1-4H3,(H2,13,14,15);;;/q;+2;2*-1/t7-,8-,9+,12+;;;/m1.../s1. The zero-order valence-corrected chi connectivity index (χ0v) is 16.6. The van der Waals surface area contributed by atoms with Gasteiger partial charge in [0.05, 0.1) is 6.61 Å². The van der Waals surface area contributed by atoms with Crippen LogP contribution in [-0.4, -0.2) is 95.0 Å². The Labute approximate surface area is 168 Å². The van der Waals surface area contributed by atoms with Gasteiger partial charge in [0, 0.05) is 0 Å². The van der Waals surface area contributed by atoms with Crippen molar-refractivity contribution in [3.05, 3.63) is 0 Å². The van der Waals surface area contributed by atoms with Crippen LogP contribution in [0.3, 0.4) is 0 Å². The topological polar surface area (TPSA) is 116 Å². The molecule has 0 amide bonds. The quantitative estimate of drug-likeness (QED) is 0.648. The van der Waals surface area contributed by atoms with E-state index in [0.717, 1.165) is 0 Å². The van der Waals surface area contributed by atoms with Gasteiger partial charge in [0.15, 0.2) is 11.6 Å². The van der Waals surface area contributed by atoms with E-state index in [0.29, 0.717) is 0 Å². The average Bonchev–Trinajstić information content (AvgIpc) is 2.78. The molecule has 4 atom stereocenters. The number of nitrogens with two attached hydrogens (primary N) is 1. The Morgan fingerprint density at radius 2 is 1.83 bits per heavy atom. The van der Waals surface area contributed by atoms with Gasteiger partial charge in [0.1, 0.15) is 24.9 Å². The summed E-state index contributed by atoms with van der Waals surface area (Å²) in [5.41, 5.74) is 0. The molecule has 11 heteroatoms. The molecular weight excluding hydrogens is 358 g/mol. The van der Waals surface area contributed by atoms with Gasteiger partial charge in [-0.1, -0.05) is 0 Å². The van der Waals surface area contributed by atoms with Crippen molar-refractivity contribution in [3.8, 4) is 0 Å². The van der Waals surface area contributed by atoms with Crippen molar-refractivity contribution in [3.63, 3.8) is 0 Å². The Kier molecular flexibility index (Phi) is 5.52. The van der Waals surface area contributed by atoms with E-state index in [4.69, 9.17) is 33.0 Å². The van der Waals surface area contributed by atoms with Gasteiger partial charge in [-0.2, -0.15) is 8.42 Å². The molecule has 0 spiro atoms. The third-order valence-electron chi connectivity index (χ3n) is 3.70. The summed E-state index contributed by atoms with van der Waals surface area (Å²) in [5.74, 6) is -3.19. The fourth-order valence-corrected chi connectivity index (χ4v) is 3.44. The average molecular weight is 381 g/mol. The van der Waals surface area contributed by atoms with Crippen LogP contribution in [0.2, 0.25) is 0 Å². The van der Waals surface area contributed by atoms with Gasteiger partial charge in [-0.3, -0.25) is 4.18 Å². The first-order valence-electron chi connectivity index (χ1n) is 6.96. The van der Waals surface area contributed by atoms with Crippen LogP contribution in [0.1, 0.15) is 30.5 Å². The third kappa shape index (κ3) is 4.20. The molecule has 3 rings (SSSR count). The zero-order valence-electron chi connectivity index (χ0n) is 15.6. The van der Waals surface area contributed by atoms with Crippen LogP contribution in [0.15, 0.2) is 0 Å². The minimum absolute atomic E-state index is 0. The van der Waals surface area contributed by atoms with Gasteiger partial charge in [0.2, 0.25) is 5.79 Å². The van der Waals surface area contributed by atoms with E-state index in [9.17, 15) is 8.42 Å². The maximum absolute atomic E-state index is 11.1. The number of rotatable bonds is 3. The van der Waals surface area contributed by atoms with Crippen LogP contribution in [-0.2, 0) is 38.2 Å². The summed E-state index contributed by atoms with van der Waals surface area (Å²) in [4.78, 5) is 0. The Morgan fingerprint density at radius 3 is 2.43 bits per heavy atom. The van der Waals surface area contributed by atoms with Gasteiger partial charge in [-0.15, -0.1) is 0 Å². The first-order valence-corrected chi connectivity index (χ1v) is 8.43. The number of fused-ring (bicyclic) bond motifs is 3. The molecule has 3 saturated heterocycles. The van der Waals surface area contributed by atoms with Crippen LogP contribution >= 0.6 is 0 Å². The van der Waals surface area contributed by atoms with Crippen molar-refractivity contribution in [1.29, 1.82) is 0 Å². The van der Waals surface area contributed by atoms with Crippen LogP contribution in [0, 0.1) is 0 Å². The molecule has 3 fully saturated rings.